The Morgan fingerprint density at radius 1 is 1.03 bits per heavy atom. The first-order chi connectivity index (χ1) is 13.9. The van der Waals surface area contributed by atoms with Gasteiger partial charge in [0.25, 0.3) is 0 Å². The van der Waals surface area contributed by atoms with Crippen molar-refractivity contribution in [2.75, 3.05) is 0 Å². The molecule has 0 radical (unpaired) electrons. The van der Waals surface area contributed by atoms with Gasteiger partial charge in [-0.3, -0.25) is 0 Å². The lowest BCUT2D eigenvalue weighted by Crippen LogP contribution is -2.07. The lowest BCUT2D eigenvalue weighted by Gasteiger charge is -2.03. The van der Waals surface area contributed by atoms with Crippen molar-refractivity contribution in [2.24, 2.45) is 0 Å². The molecule has 0 aliphatic heterocycles. The van der Waals surface area contributed by atoms with E-state index in [1.165, 1.54) is 22.7 Å². The molecule has 146 valence electrons. The van der Waals surface area contributed by atoms with Crippen molar-refractivity contribution >= 4 is 32.9 Å². The van der Waals surface area contributed by atoms with Crippen LogP contribution in [0.15, 0.2) is 77.8 Å². The summed E-state index contributed by atoms with van der Waals surface area (Å²) in [5.74, 6) is -1.01. The first-order valence-corrected chi connectivity index (χ1v) is 10.6. The van der Waals surface area contributed by atoms with Gasteiger partial charge in [0.15, 0.2) is 15.5 Å². The molecule has 0 atom stereocenters. The summed E-state index contributed by atoms with van der Waals surface area (Å²) in [6.45, 7) is 0. The molecule has 0 aliphatic carbocycles. The number of hydrogen-bond donors (Lipinski definition) is 0. The molecule has 4 aromatic rings. The van der Waals surface area contributed by atoms with E-state index < -0.39 is 26.3 Å². The van der Waals surface area contributed by atoms with E-state index in [0.717, 1.165) is 5.56 Å². The Labute approximate surface area is 171 Å². The smallest absolute Gasteiger partial charge is 0.352 e. The standard InChI is InChI=1S/C20H14ClN3O4S/c21-15-11-17(14-7-3-1-4-8-14)19-22-18(20(24(25)26)23(19)12-15)13-29(27,28)16-9-5-2-6-10-16/h1-12H,13H2. The third kappa shape index (κ3) is 3.59. The maximum atomic E-state index is 12.8. The van der Waals surface area contributed by atoms with E-state index in [0.29, 0.717) is 5.56 Å². The van der Waals surface area contributed by atoms with Gasteiger partial charge >= 0.3 is 5.82 Å². The summed E-state index contributed by atoms with van der Waals surface area (Å²) in [5.41, 5.74) is 1.46. The number of aromatic nitrogens is 2. The van der Waals surface area contributed by atoms with E-state index in [2.05, 4.69) is 4.98 Å². The van der Waals surface area contributed by atoms with Crippen LogP contribution < -0.4 is 0 Å². The van der Waals surface area contributed by atoms with Crippen molar-refractivity contribution in [2.45, 2.75) is 10.6 Å². The van der Waals surface area contributed by atoms with Crippen LogP contribution in [0.5, 0.6) is 0 Å². The Balaban J connectivity index is 1.94. The van der Waals surface area contributed by atoms with Gasteiger partial charge in [0.2, 0.25) is 5.65 Å². The average Bonchev–Trinajstić information content (AvgIpc) is 3.05. The second-order valence-electron chi connectivity index (χ2n) is 6.34. The van der Waals surface area contributed by atoms with Crippen LogP contribution in [0.25, 0.3) is 16.8 Å². The molecule has 0 N–H and O–H groups in total. The second kappa shape index (κ2) is 7.31. The minimum absolute atomic E-state index is 0.0765. The van der Waals surface area contributed by atoms with Crippen LogP contribution in [0.3, 0.4) is 0 Å². The minimum Gasteiger partial charge on any atom is -0.358 e. The maximum Gasteiger partial charge on any atom is 0.352 e. The van der Waals surface area contributed by atoms with Crippen LogP contribution in [0.4, 0.5) is 5.82 Å². The molecule has 0 saturated carbocycles. The number of imidazole rings is 1. The maximum absolute atomic E-state index is 12.8. The molecular weight excluding hydrogens is 414 g/mol. The number of nitrogens with zero attached hydrogens (tertiary/aromatic N) is 3. The number of benzene rings is 2. The number of rotatable bonds is 5. The van der Waals surface area contributed by atoms with Gasteiger partial charge in [0.1, 0.15) is 11.9 Å². The number of pyridine rings is 1. The predicted molar refractivity (Wildman–Crippen MR) is 110 cm³/mol. The molecule has 0 unspecified atom stereocenters. The fourth-order valence-corrected chi connectivity index (χ4v) is 4.66. The minimum atomic E-state index is -3.82. The number of halogens is 1. The molecular formula is C20H14ClN3O4S. The van der Waals surface area contributed by atoms with Crippen LogP contribution in [0, 0.1) is 10.1 Å². The first kappa shape index (κ1) is 19.1. The first-order valence-electron chi connectivity index (χ1n) is 8.55. The van der Waals surface area contributed by atoms with Crippen LogP contribution in [0.1, 0.15) is 5.69 Å². The lowest BCUT2D eigenvalue weighted by atomic mass is 10.1. The Hall–Kier alpha value is -3.23. The Bertz CT molecular complexity index is 1320. The van der Waals surface area contributed by atoms with E-state index in [1.807, 2.05) is 30.3 Å². The number of sulfone groups is 1. The third-order valence-electron chi connectivity index (χ3n) is 4.42. The third-order valence-corrected chi connectivity index (χ3v) is 6.27. The molecule has 0 fully saturated rings. The van der Waals surface area contributed by atoms with Crippen molar-refractivity contribution in [1.29, 1.82) is 0 Å². The highest BCUT2D eigenvalue weighted by atomic mass is 35.5. The molecule has 0 aliphatic rings. The Kier molecular flexibility index (Phi) is 4.81. The van der Waals surface area contributed by atoms with Gasteiger partial charge in [-0.1, -0.05) is 60.1 Å². The number of nitro groups is 1. The van der Waals surface area contributed by atoms with Gasteiger partial charge in [0, 0.05) is 0 Å². The highest BCUT2D eigenvalue weighted by Gasteiger charge is 2.29. The van der Waals surface area contributed by atoms with E-state index in [9.17, 15) is 18.5 Å². The predicted octanol–water partition coefficient (Wildman–Crippen LogP) is 4.54. The zero-order valence-corrected chi connectivity index (χ0v) is 16.5. The summed E-state index contributed by atoms with van der Waals surface area (Å²) < 4.78 is 26.8. The summed E-state index contributed by atoms with van der Waals surface area (Å²) in [6.07, 6.45) is 1.37. The van der Waals surface area contributed by atoms with Crippen LogP contribution in [0.2, 0.25) is 5.02 Å². The molecule has 2 aromatic heterocycles. The molecule has 2 heterocycles. The number of hydrogen-bond acceptors (Lipinski definition) is 5. The summed E-state index contributed by atoms with van der Waals surface area (Å²) in [6, 6.07) is 18.6. The monoisotopic (exact) mass is 427 g/mol. The molecule has 7 nitrogen and oxygen atoms in total. The van der Waals surface area contributed by atoms with Gasteiger partial charge in [-0.05, 0) is 28.7 Å². The van der Waals surface area contributed by atoms with Gasteiger partial charge in [-0.2, -0.15) is 4.40 Å². The summed E-state index contributed by atoms with van der Waals surface area (Å²) in [4.78, 5) is 15.6. The number of fused-ring (bicyclic) bond motifs is 1. The Morgan fingerprint density at radius 3 is 2.28 bits per heavy atom. The van der Waals surface area contributed by atoms with Gasteiger partial charge in [-0.15, -0.1) is 0 Å². The molecule has 4 rings (SSSR count). The zero-order valence-electron chi connectivity index (χ0n) is 14.9. The molecule has 0 bridgehead atoms. The van der Waals surface area contributed by atoms with Crippen molar-refractivity contribution in [3.63, 3.8) is 0 Å². The van der Waals surface area contributed by atoms with Gasteiger partial charge in [0.05, 0.1) is 15.5 Å². The van der Waals surface area contributed by atoms with Gasteiger partial charge < -0.3 is 10.1 Å². The lowest BCUT2D eigenvalue weighted by molar-refractivity contribution is -0.391. The van der Waals surface area contributed by atoms with Crippen molar-refractivity contribution in [3.8, 4) is 11.1 Å². The fraction of sp³-hybridized carbons (Fsp3) is 0.0500. The summed E-state index contributed by atoms with van der Waals surface area (Å²) in [7, 11) is -3.82. The van der Waals surface area contributed by atoms with Crippen LogP contribution in [-0.2, 0) is 15.6 Å². The van der Waals surface area contributed by atoms with E-state index in [-0.39, 0.29) is 21.3 Å². The summed E-state index contributed by atoms with van der Waals surface area (Å²) >= 11 is 6.20. The van der Waals surface area contributed by atoms with E-state index in [1.54, 1.807) is 24.3 Å². The quantitative estimate of drug-likeness (QED) is 0.344. The van der Waals surface area contributed by atoms with E-state index in [4.69, 9.17) is 11.6 Å². The van der Waals surface area contributed by atoms with Crippen molar-refractivity contribution in [3.05, 3.63) is 93.8 Å². The highest BCUT2D eigenvalue weighted by Crippen LogP contribution is 2.33. The molecule has 9 heteroatoms. The van der Waals surface area contributed by atoms with E-state index >= 15 is 0 Å². The fourth-order valence-electron chi connectivity index (χ4n) is 3.16. The molecule has 29 heavy (non-hydrogen) atoms. The van der Waals surface area contributed by atoms with Crippen LogP contribution in [-0.4, -0.2) is 22.7 Å². The van der Waals surface area contributed by atoms with Crippen molar-refractivity contribution in [1.82, 2.24) is 9.38 Å². The molecule has 0 amide bonds. The largest absolute Gasteiger partial charge is 0.358 e. The van der Waals surface area contributed by atoms with Gasteiger partial charge in [-0.25, -0.2) is 13.4 Å². The summed E-state index contributed by atoms with van der Waals surface area (Å²) in [5, 5.41) is 12.1. The highest BCUT2D eigenvalue weighted by molar-refractivity contribution is 7.90. The average molecular weight is 428 g/mol. The molecule has 0 spiro atoms. The normalized spacial score (nSPS) is 11.6. The topological polar surface area (TPSA) is 94.6 Å². The molecule has 2 aromatic carbocycles. The SMILES string of the molecule is O=[N+]([O-])c1c(CS(=O)(=O)c2ccccc2)nc2c(-c3ccccc3)cc(Cl)cn12. The Morgan fingerprint density at radius 2 is 1.66 bits per heavy atom. The van der Waals surface area contributed by atoms with Crippen LogP contribution >= 0.6 is 11.6 Å². The molecule has 0 saturated heterocycles. The second-order valence-corrected chi connectivity index (χ2v) is 8.77. The van der Waals surface area contributed by atoms with Crippen molar-refractivity contribution < 1.29 is 13.3 Å². The zero-order chi connectivity index (χ0) is 20.6.